The van der Waals surface area contributed by atoms with Crippen LogP contribution in [0, 0.1) is 5.82 Å². The number of fused-ring (bicyclic) bond motifs is 1. The fraction of sp³-hybridized carbons (Fsp3) is 0.0714. The van der Waals surface area contributed by atoms with Gasteiger partial charge >= 0.3 is 0 Å². The fourth-order valence-electron chi connectivity index (χ4n) is 1.88. The first-order chi connectivity index (χ1) is 8.78. The Bertz CT molecular complexity index is 708. The Morgan fingerprint density at radius 3 is 2.83 bits per heavy atom. The number of nitrogens with zero attached hydrogens (tertiary/aromatic N) is 1. The minimum absolute atomic E-state index is 0.0273. The summed E-state index contributed by atoms with van der Waals surface area (Å²) in [6, 6.07) is 12.1. The highest BCUT2D eigenvalue weighted by molar-refractivity contribution is 7.21. The van der Waals surface area contributed by atoms with E-state index < -0.39 is 0 Å². The van der Waals surface area contributed by atoms with Crippen molar-refractivity contribution in [2.75, 3.05) is 0 Å². The zero-order valence-electron chi connectivity index (χ0n) is 9.43. The molecule has 1 heterocycles. The molecule has 0 fully saturated rings. The van der Waals surface area contributed by atoms with E-state index in [2.05, 4.69) is 4.98 Å². The Morgan fingerprint density at radius 1 is 1.17 bits per heavy atom. The zero-order valence-corrected chi connectivity index (χ0v) is 10.2. The second-order valence-corrected chi connectivity index (χ2v) is 4.98. The summed E-state index contributed by atoms with van der Waals surface area (Å²) in [5.74, 6) is -0.256. The standard InChI is InChI=1S/C14H10FNOS/c15-10-5-6-12-13(7-10)18-14(16-12)11-4-2-1-3-9(11)8-17/h1-7,17H,8H2. The van der Waals surface area contributed by atoms with Crippen LogP contribution in [0.3, 0.4) is 0 Å². The molecule has 0 aliphatic carbocycles. The van der Waals surface area contributed by atoms with E-state index in [1.807, 2.05) is 24.3 Å². The van der Waals surface area contributed by atoms with Crippen molar-refractivity contribution in [3.63, 3.8) is 0 Å². The molecule has 0 aliphatic rings. The number of aliphatic hydroxyl groups excluding tert-OH is 1. The Kier molecular flexibility index (Phi) is 2.81. The lowest BCUT2D eigenvalue weighted by atomic mass is 10.1. The molecule has 1 aromatic heterocycles. The number of hydrogen-bond acceptors (Lipinski definition) is 3. The third kappa shape index (κ3) is 1.89. The molecule has 3 aromatic rings. The van der Waals surface area contributed by atoms with Crippen molar-refractivity contribution in [1.82, 2.24) is 4.98 Å². The number of aromatic nitrogens is 1. The molecule has 0 saturated heterocycles. The highest BCUT2D eigenvalue weighted by Gasteiger charge is 2.10. The number of halogens is 1. The van der Waals surface area contributed by atoms with Gasteiger partial charge in [0.05, 0.1) is 16.8 Å². The summed E-state index contributed by atoms with van der Waals surface area (Å²) >= 11 is 1.43. The van der Waals surface area contributed by atoms with Crippen molar-refractivity contribution in [2.24, 2.45) is 0 Å². The van der Waals surface area contributed by atoms with Crippen molar-refractivity contribution in [3.8, 4) is 10.6 Å². The largest absolute Gasteiger partial charge is 0.392 e. The predicted octanol–water partition coefficient (Wildman–Crippen LogP) is 3.59. The van der Waals surface area contributed by atoms with Crippen molar-refractivity contribution >= 4 is 21.6 Å². The number of aliphatic hydroxyl groups is 1. The third-order valence-electron chi connectivity index (χ3n) is 2.77. The molecule has 0 unspecified atom stereocenters. The minimum Gasteiger partial charge on any atom is -0.392 e. The summed E-state index contributed by atoms with van der Waals surface area (Å²) in [6.45, 7) is -0.0273. The first kappa shape index (κ1) is 11.3. The quantitative estimate of drug-likeness (QED) is 0.763. The lowest BCUT2D eigenvalue weighted by molar-refractivity contribution is 0.282. The Labute approximate surface area is 107 Å². The molecule has 1 N–H and O–H groups in total. The van der Waals surface area contributed by atoms with E-state index in [0.29, 0.717) is 0 Å². The van der Waals surface area contributed by atoms with Crippen LogP contribution in [-0.4, -0.2) is 10.1 Å². The lowest BCUT2D eigenvalue weighted by Gasteiger charge is -2.02. The topological polar surface area (TPSA) is 33.1 Å². The minimum atomic E-state index is -0.256. The summed E-state index contributed by atoms with van der Waals surface area (Å²) < 4.78 is 14.0. The molecule has 2 aromatic carbocycles. The molecule has 0 atom stereocenters. The van der Waals surface area contributed by atoms with E-state index in [-0.39, 0.29) is 12.4 Å². The Hall–Kier alpha value is -1.78. The molecule has 4 heteroatoms. The molecule has 0 spiro atoms. The smallest absolute Gasteiger partial charge is 0.124 e. The van der Waals surface area contributed by atoms with E-state index in [1.54, 1.807) is 6.07 Å². The van der Waals surface area contributed by atoms with Gasteiger partial charge in [0.15, 0.2) is 0 Å². The van der Waals surface area contributed by atoms with Gasteiger partial charge in [-0.15, -0.1) is 11.3 Å². The van der Waals surface area contributed by atoms with Crippen LogP contribution in [0.25, 0.3) is 20.8 Å². The molecule has 3 rings (SSSR count). The number of thiazole rings is 1. The fourth-order valence-corrected chi connectivity index (χ4v) is 2.93. The van der Waals surface area contributed by atoms with Gasteiger partial charge in [0.2, 0.25) is 0 Å². The first-order valence-corrected chi connectivity index (χ1v) is 6.35. The molecular formula is C14H10FNOS. The van der Waals surface area contributed by atoms with Gasteiger partial charge in [-0.1, -0.05) is 24.3 Å². The summed E-state index contributed by atoms with van der Waals surface area (Å²) in [5.41, 5.74) is 2.52. The molecular weight excluding hydrogens is 249 g/mol. The normalized spacial score (nSPS) is 11.0. The summed E-state index contributed by atoms with van der Waals surface area (Å²) in [4.78, 5) is 4.47. The van der Waals surface area contributed by atoms with Gasteiger partial charge in [-0.2, -0.15) is 0 Å². The molecule has 0 radical (unpaired) electrons. The number of hydrogen-bond donors (Lipinski definition) is 1. The van der Waals surface area contributed by atoms with Crippen molar-refractivity contribution in [3.05, 3.63) is 53.8 Å². The molecule has 18 heavy (non-hydrogen) atoms. The zero-order chi connectivity index (χ0) is 12.5. The van der Waals surface area contributed by atoms with Crippen LogP contribution in [0.1, 0.15) is 5.56 Å². The predicted molar refractivity (Wildman–Crippen MR) is 70.9 cm³/mol. The summed E-state index contributed by atoms with van der Waals surface area (Å²) in [6.07, 6.45) is 0. The highest BCUT2D eigenvalue weighted by Crippen LogP contribution is 2.32. The maximum Gasteiger partial charge on any atom is 0.124 e. The molecule has 0 amide bonds. The van der Waals surface area contributed by atoms with Gasteiger partial charge in [-0.3, -0.25) is 0 Å². The lowest BCUT2D eigenvalue weighted by Crippen LogP contribution is -1.87. The summed E-state index contributed by atoms with van der Waals surface area (Å²) in [7, 11) is 0. The van der Waals surface area contributed by atoms with Crippen LogP contribution in [0.2, 0.25) is 0 Å². The van der Waals surface area contributed by atoms with Crippen LogP contribution in [0.15, 0.2) is 42.5 Å². The van der Waals surface area contributed by atoms with Crippen LogP contribution in [0.4, 0.5) is 4.39 Å². The van der Waals surface area contributed by atoms with Crippen molar-refractivity contribution in [1.29, 1.82) is 0 Å². The molecule has 0 aliphatic heterocycles. The van der Waals surface area contributed by atoms with E-state index in [9.17, 15) is 9.50 Å². The maximum absolute atomic E-state index is 13.1. The van der Waals surface area contributed by atoms with Crippen LogP contribution in [-0.2, 0) is 6.61 Å². The molecule has 2 nitrogen and oxygen atoms in total. The maximum atomic E-state index is 13.1. The Balaban J connectivity index is 2.19. The van der Waals surface area contributed by atoms with Crippen LogP contribution >= 0.6 is 11.3 Å². The second kappa shape index (κ2) is 4.48. The van der Waals surface area contributed by atoms with E-state index in [0.717, 1.165) is 26.4 Å². The highest BCUT2D eigenvalue weighted by atomic mass is 32.1. The molecule has 0 bridgehead atoms. The number of benzene rings is 2. The SMILES string of the molecule is OCc1ccccc1-c1nc2ccc(F)cc2s1. The van der Waals surface area contributed by atoms with E-state index in [1.165, 1.54) is 23.5 Å². The van der Waals surface area contributed by atoms with Gasteiger partial charge in [0, 0.05) is 5.56 Å². The first-order valence-electron chi connectivity index (χ1n) is 5.53. The second-order valence-electron chi connectivity index (χ2n) is 3.95. The van der Waals surface area contributed by atoms with Gasteiger partial charge in [0.1, 0.15) is 10.8 Å². The van der Waals surface area contributed by atoms with Gasteiger partial charge in [-0.05, 0) is 23.8 Å². The monoisotopic (exact) mass is 259 g/mol. The van der Waals surface area contributed by atoms with Crippen molar-refractivity contribution in [2.45, 2.75) is 6.61 Å². The van der Waals surface area contributed by atoms with Crippen LogP contribution in [0.5, 0.6) is 0 Å². The summed E-state index contributed by atoms with van der Waals surface area (Å²) in [5, 5.41) is 10.1. The van der Waals surface area contributed by atoms with E-state index >= 15 is 0 Å². The van der Waals surface area contributed by atoms with Crippen molar-refractivity contribution < 1.29 is 9.50 Å². The van der Waals surface area contributed by atoms with Gasteiger partial charge in [0.25, 0.3) is 0 Å². The van der Waals surface area contributed by atoms with Gasteiger partial charge in [-0.25, -0.2) is 9.37 Å². The molecule has 90 valence electrons. The average molecular weight is 259 g/mol. The Morgan fingerprint density at radius 2 is 2.00 bits per heavy atom. The molecule has 0 saturated carbocycles. The third-order valence-corrected chi connectivity index (χ3v) is 3.82. The van der Waals surface area contributed by atoms with Gasteiger partial charge < -0.3 is 5.11 Å². The average Bonchev–Trinajstić information content (AvgIpc) is 2.81. The van der Waals surface area contributed by atoms with E-state index in [4.69, 9.17) is 0 Å². The number of rotatable bonds is 2. The van der Waals surface area contributed by atoms with Crippen LogP contribution < -0.4 is 0 Å².